The van der Waals surface area contributed by atoms with Gasteiger partial charge in [0.15, 0.2) is 0 Å². The smallest absolute Gasteiger partial charge is 0.278 e. The number of halogens is 3. The van der Waals surface area contributed by atoms with Crippen molar-refractivity contribution in [1.82, 2.24) is 15.3 Å². The summed E-state index contributed by atoms with van der Waals surface area (Å²) in [5.41, 5.74) is 0.695. The Morgan fingerprint density at radius 2 is 1.85 bits per heavy atom. The Hall–Kier alpha value is -2.61. The molecule has 0 radical (unpaired) electrons. The SMILES string of the molecule is CC1=NC(Cc2ccccn2)C(F)(NCC(F)(F)c2ccccn2)N=C1. The zero-order chi connectivity index (χ0) is 18.6. The fraction of sp³-hybridized carbons (Fsp3) is 0.333. The molecule has 0 aliphatic carbocycles. The predicted octanol–water partition coefficient (Wildman–Crippen LogP) is 2.94. The van der Waals surface area contributed by atoms with Crippen LogP contribution in [-0.2, 0) is 12.3 Å². The first-order chi connectivity index (χ1) is 12.4. The quantitative estimate of drug-likeness (QED) is 0.805. The van der Waals surface area contributed by atoms with E-state index in [-0.39, 0.29) is 6.42 Å². The van der Waals surface area contributed by atoms with Crippen LogP contribution in [0.5, 0.6) is 0 Å². The normalized spacial score (nSPS) is 22.9. The Kier molecular flexibility index (Phi) is 5.13. The summed E-state index contributed by atoms with van der Waals surface area (Å²) < 4.78 is 44.0. The highest BCUT2D eigenvalue weighted by Gasteiger charge is 2.44. The summed E-state index contributed by atoms with van der Waals surface area (Å²) >= 11 is 0. The van der Waals surface area contributed by atoms with Gasteiger partial charge < -0.3 is 0 Å². The molecule has 2 aromatic rings. The van der Waals surface area contributed by atoms with Crippen molar-refractivity contribution in [3.05, 3.63) is 60.2 Å². The first kappa shape index (κ1) is 18.2. The van der Waals surface area contributed by atoms with Gasteiger partial charge in [0.2, 0.25) is 0 Å². The molecule has 0 saturated carbocycles. The van der Waals surface area contributed by atoms with Crippen molar-refractivity contribution in [2.24, 2.45) is 9.98 Å². The molecule has 136 valence electrons. The van der Waals surface area contributed by atoms with E-state index in [1.807, 2.05) is 0 Å². The molecule has 0 saturated heterocycles. The third-order valence-electron chi connectivity index (χ3n) is 3.97. The summed E-state index contributed by atoms with van der Waals surface area (Å²) in [4.78, 5) is 15.8. The Morgan fingerprint density at radius 3 is 2.50 bits per heavy atom. The highest BCUT2D eigenvalue weighted by molar-refractivity contribution is 6.30. The van der Waals surface area contributed by atoms with Crippen LogP contribution in [0.4, 0.5) is 13.2 Å². The average Bonchev–Trinajstić information content (AvgIpc) is 2.65. The van der Waals surface area contributed by atoms with Crippen LogP contribution >= 0.6 is 0 Å². The predicted molar refractivity (Wildman–Crippen MR) is 93.3 cm³/mol. The summed E-state index contributed by atoms with van der Waals surface area (Å²) in [6.45, 7) is 0.724. The Bertz CT molecular complexity index is 795. The van der Waals surface area contributed by atoms with Crippen LogP contribution in [0.15, 0.2) is 58.8 Å². The molecule has 2 aromatic heterocycles. The van der Waals surface area contributed by atoms with Crippen LogP contribution in [-0.4, -0.2) is 40.4 Å². The molecular weight excluding hydrogens is 343 g/mol. The number of nitrogens with one attached hydrogen (secondary N) is 1. The van der Waals surface area contributed by atoms with Gasteiger partial charge in [0.05, 0.1) is 12.3 Å². The number of rotatable bonds is 6. The molecule has 2 atom stereocenters. The van der Waals surface area contributed by atoms with Crippen molar-refractivity contribution in [3.63, 3.8) is 0 Å². The number of hydrogen-bond acceptors (Lipinski definition) is 5. The van der Waals surface area contributed by atoms with Gasteiger partial charge in [-0.3, -0.25) is 20.3 Å². The van der Waals surface area contributed by atoms with Gasteiger partial charge in [0.1, 0.15) is 11.7 Å². The van der Waals surface area contributed by atoms with E-state index in [1.165, 1.54) is 30.6 Å². The van der Waals surface area contributed by atoms with E-state index in [0.717, 1.165) is 0 Å². The number of nitrogens with zero attached hydrogens (tertiary/aromatic N) is 4. The minimum atomic E-state index is -3.35. The number of pyridine rings is 2. The Labute approximate surface area is 149 Å². The van der Waals surface area contributed by atoms with Crippen molar-refractivity contribution in [2.75, 3.05) is 6.54 Å². The summed E-state index contributed by atoms with van der Waals surface area (Å²) in [7, 11) is 0. The molecule has 0 bridgehead atoms. The molecule has 5 nitrogen and oxygen atoms in total. The van der Waals surface area contributed by atoms with E-state index in [9.17, 15) is 8.78 Å². The van der Waals surface area contributed by atoms with Gasteiger partial charge in [-0.05, 0) is 31.2 Å². The van der Waals surface area contributed by atoms with Crippen molar-refractivity contribution in [3.8, 4) is 0 Å². The molecule has 3 rings (SSSR count). The molecule has 2 unspecified atom stereocenters. The third-order valence-corrected chi connectivity index (χ3v) is 3.97. The fourth-order valence-corrected chi connectivity index (χ4v) is 2.60. The molecule has 1 aliphatic heterocycles. The van der Waals surface area contributed by atoms with Crippen LogP contribution in [0.2, 0.25) is 0 Å². The van der Waals surface area contributed by atoms with Crippen LogP contribution < -0.4 is 5.32 Å². The largest absolute Gasteiger partial charge is 0.301 e. The molecule has 0 aromatic carbocycles. The molecule has 0 spiro atoms. The number of aliphatic imine (C=N–C) groups is 2. The molecule has 1 aliphatic rings. The van der Waals surface area contributed by atoms with Gasteiger partial charge in [-0.2, -0.15) is 13.2 Å². The lowest BCUT2D eigenvalue weighted by atomic mass is 10.0. The first-order valence-corrected chi connectivity index (χ1v) is 8.12. The maximum Gasteiger partial charge on any atom is 0.301 e. The van der Waals surface area contributed by atoms with Gasteiger partial charge in [-0.1, -0.05) is 12.1 Å². The highest BCUT2D eigenvalue weighted by atomic mass is 19.3. The lowest BCUT2D eigenvalue weighted by Gasteiger charge is -2.32. The molecule has 1 N–H and O–H groups in total. The van der Waals surface area contributed by atoms with E-state index >= 15 is 4.39 Å². The lowest BCUT2D eigenvalue weighted by Crippen LogP contribution is -2.54. The molecule has 0 fully saturated rings. The van der Waals surface area contributed by atoms with Crippen molar-refractivity contribution < 1.29 is 13.2 Å². The fourth-order valence-electron chi connectivity index (χ4n) is 2.60. The second-order valence-electron chi connectivity index (χ2n) is 6.02. The topological polar surface area (TPSA) is 62.5 Å². The second kappa shape index (κ2) is 7.33. The summed E-state index contributed by atoms with van der Waals surface area (Å²) in [6, 6.07) is 8.43. The second-order valence-corrected chi connectivity index (χ2v) is 6.02. The van der Waals surface area contributed by atoms with Gasteiger partial charge >= 0.3 is 5.92 Å². The maximum absolute atomic E-state index is 15.3. The van der Waals surface area contributed by atoms with Gasteiger partial charge in [-0.25, -0.2) is 4.99 Å². The highest BCUT2D eigenvalue weighted by Crippen LogP contribution is 2.29. The van der Waals surface area contributed by atoms with Crippen LogP contribution in [0.3, 0.4) is 0 Å². The maximum atomic E-state index is 15.3. The Balaban J connectivity index is 1.76. The molecule has 3 heterocycles. The van der Waals surface area contributed by atoms with E-state index in [1.54, 1.807) is 31.3 Å². The average molecular weight is 361 g/mol. The summed E-state index contributed by atoms with van der Waals surface area (Å²) in [6.07, 6.45) is 4.22. The van der Waals surface area contributed by atoms with Gasteiger partial charge in [-0.15, -0.1) is 0 Å². The van der Waals surface area contributed by atoms with E-state index in [0.29, 0.717) is 11.4 Å². The van der Waals surface area contributed by atoms with Crippen molar-refractivity contribution in [2.45, 2.75) is 31.2 Å². The van der Waals surface area contributed by atoms with Crippen molar-refractivity contribution in [1.29, 1.82) is 0 Å². The first-order valence-electron chi connectivity index (χ1n) is 8.12. The summed E-state index contributed by atoms with van der Waals surface area (Å²) in [5, 5.41) is 2.24. The third kappa shape index (κ3) is 4.13. The zero-order valence-electron chi connectivity index (χ0n) is 14.1. The lowest BCUT2D eigenvalue weighted by molar-refractivity contribution is -0.0328. The molecule has 26 heavy (non-hydrogen) atoms. The number of hydrogen-bond donors (Lipinski definition) is 1. The van der Waals surface area contributed by atoms with E-state index in [4.69, 9.17) is 0 Å². The number of alkyl halides is 3. The molecule has 0 amide bonds. The minimum absolute atomic E-state index is 0.133. The van der Waals surface area contributed by atoms with Gasteiger partial charge in [0.25, 0.3) is 5.92 Å². The van der Waals surface area contributed by atoms with Crippen LogP contribution in [0.25, 0.3) is 0 Å². The standard InChI is InChI=1S/C18H18F3N5/c1-13-11-24-18(21,16(26-13)10-14-6-2-4-8-22-14)25-12-17(19,20)15-7-3-5-9-23-15/h2-9,11,16,25H,10,12H2,1H3. The van der Waals surface area contributed by atoms with Crippen LogP contribution in [0, 0.1) is 0 Å². The number of aromatic nitrogens is 2. The van der Waals surface area contributed by atoms with Crippen molar-refractivity contribution >= 4 is 11.9 Å². The van der Waals surface area contributed by atoms with E-state index < -0.39 is 30.1 Å². The Morgan fingerprint density at radius 1 is 1.12 bits per heavy atom. The zero-order valence-corrected chi connectivity index (χ0v) is 14.1. The molecule has 8 heteroatoms. The van der Waals surface area contributed by atoms with E-state index in [2.05, 4.69) is 25.3 Å². The minimum Gasteiger partial charge on any atom is -0.278 e. The monoisotopic (exact) mass is 361 g/mol. The summed E-state index contributed by atoms with van der Waals surface area (Å²) in [5.74, 6) is -5.79. The van der Waals surface area contributed by atoms with Gasteiger partial charge in [0, 0.05) is 30.7 Å². The molecular formula is C18H18F3N5. The van der Waals surface area contributed by atoms with Crippen LogP contribution in [0.1, 0.15) is 18.3 Å².